The molecule has 96 valence electrons. The Labute approximate surface area is 99.3 Å². The molecule has 16 heavy (non-hydrogen) atoms. The second-order valence-corrected chi connectivity index (χ2v) is 7.22. The van der Waals surface area contributed by atoms with Gasteiger partial charge in [0, 0.05) is 24.9 Å². The van der Waals surface area contributed by atoms with E-state index in [-0.39, 0.29) is 11.8 Å². The van der Waals surface area contributed by atoms with Crippen LogP contribution in [0.4, 0.5) is 0 Å². The van der Waals surface area contributed by atoms with E-state index in [1.54, 1.807) is 0 Å². The van der Waals surface area contributed by atoms with Crippen LogP contribution in [0.3, 0.4) is 0 Å². The maximum Gasteiger partial charge on any atom is 0.148 e. The smallest absolute Gasteiger partial charge is 0.148 e. The van der Waals surface area contributed by atoms with Gasteiger partial charge in [0.25, 0.3) is 0 Å². The van der Waals surface area contributed by atoms with Crippen LogP contribution in [-0.2, 0) is 9.84 Å². The van der Waals surface area contributed by atoms with E-state index in [2.05, 4.69) is 17.3 Å². The average Bonchev–Trinajstić information content (AvgIpc) is 2.14. The molecule has 2 atom stereocenters. The number of likely N-dealkylation sites (N-methyl/N-ethyl adjacent to an activating group) is 1. The van der Waals surface area contributed by atoms with Crippen molar-refractivity contribution in [3.05, 3.63) is 0 Å². The number of nitrogens with one attached hydrogen (secondary N) is 1. The molecule has 5 heteroatoms. The predicted octanol–water partition coefficient (Wildman–Crippen LogP) is 0.493. The number of hydrogen-bond acceptors (Lipinski definition) is 4. The molecule has 0 aromatic carbocycles. The van der Waals surface area contributed by atoms with E-state index >= 15 is 0 Å². The molecule has 1 saturated heterocycles. The molecule has 1 rings (SSSR count). The highest BCUT2D eigenvalue weighted by Crippen LogP contribution is 2.14. The number of piperidine rings is 1. The van der Waals surface area contributed by atoms with Gasteiger partial charge in [-0.15, -0.1) is 0 Å². The molecule has 1 heterocycles. The summed E-state index contributed by atoms with van der Waals surface area (Å²) < 4.78 is 22.2. The second kappa shape index (κ2) is 5.98. The van der Waals surface area contributed by atoms with Gasteiger partial charge in [0.15, 0.2) is 0 Å². The molecule has 1 N–H and O–H groups in total. The summed E-state index contributed by atoms with van der Waals surface area (Å²) in [4.78, 5) is 2.36. The SMILES string of the molecule is CC(CS(C)(=O)=O)NCC1CCCCN1C. The predicted molar refractivity (Wildman–Crippen MR) is 67.4 cm³/mol. The molecule has 1 aliphatic heterocycles. The molecule has 1 aliphatic rings. The zero-order valence-corrected chi connectivity index (χ0v) is 11.4. The minimum absolute atomic E-state index is 0.0466. The first-order valence-electron chi connectivity index (χ1n) is 6.00. The van der Waals surface area contributed by atoms with Crippen LogP contribution >= 0.6 is 0 Å². The van der Waals surface area contributed by atoms with Crippen molar-refractivity contribution in [3.63, 3.8) is 0 Å². The number of rotatable bonds is 5. The van der Waals surface area contributed by atoms with Gasteiger partial charge in [0.05, 0.1) is 5.75 Å². The number of likely N-dealkylation sites (tertiary alicyclic amines) is 1. The average molecular weight is 248 g/mol. The van der Waals surface area contributed by atoms with Gasteiger partial charge in [-0.25, -0.2) is 8.42 Å². The first-order chi connectivity index (χ1) is 7.38. The maximum absolute atomic E-state index is 11.1. The lowest BCUT2D eigenvalue weighted by atomic mass is 10.0. The molecule has 0 aromatic rings. The highest BCUT2D eigenvalue weighted by Gasteiger charge is 2.19. The third-order valence-electron chi connectivity index (χ3n) is 3.18. The normalized spacial score (nSPS) is 25.6. The van der Waals surface area contributed by atoms with E-state index in [0.717, 1.165) is 13.1 Å². The van der Waals surface area contributed by atoms with Crippen LogP contribution in [0.1, 0.15) is 26.2 Å². The summed E-state index contributed by atoms with van der Waals surface area (Å²) in [5.41, 5.74) is 0. The van der Waals surface area contributed by atoms with Crippen molar-refractivity contribution in [2.45, 2.75) is 38.3 Å². The summed E-state index contributed by atoms with van der Waals surface area (Å²) in [5, 5.41) is 3.32. The fraction of sp³-hybridized carbons (Fsp3) is 1.00. The van der Waals surface area contributed by atoms with Crippen LogP contribution in [0, 0.1) is 0 Å². The minimum Gasteiger partial charge on any atom is -0.312 e. The Balaban J connectivity index is 2.28. The van der Waals surface area contributed by atoms with Crippen LogP contribution in [-0.4, -0.2) is 57.5 Å². The quantitative estimate of drug-likeness (QED) is 0.769. The monoisotopic (exact) mass is 248 g/mol. The summed E-state index contributed by atoms with van der Waals surface area (Å²) in [7, 11) is -0.720. The third kappa shape index (κ3) is 5.27. The summed E-state index contributed by atoms with van der Waals surface area (Å²) in [6, 6.07) is 0.612. The Bertz CT molecular complexity index is 303. The van der Waals surface area contributed by atoms with Crippen molar-refractivity contribution < 1.29 is 8.42 Å². The topological polar surface area (TPSA) is 49.4 Å². The number of sulfone groups is 1. The molecule has 1 fully saturated rings. The highest BCUT2D eigenvalue weighted by atomic mass is 32.2. The van der Waals surface area contributed by atoms with Crippen LogP contribution < -0.4 is 5.32 Å². The maximum atomic E-state index is 11.1. The summed E-state index contributed by atoms with van der Waals surface area (Å²) in [6.45, 7) is 3.99. The van der Waals surface area contributed by atoms with Crippen LogP contribution in [0.15, 0.2) is 0 Å². The van der Waals surface area contributed by atoms with Gasteiger partial charge >= 0.3 is 0 Å². The summed E-state index contributed by atoms with van der Waals surface area (Å²) in [5.74, 6) is 0.226. The Hall–Kier alpha value is -0.130. The van der Waals surface area contributed by atoms with E-state index in [1.165, 1.54) is 25.5 Å². The van der Waals surface area contributed by atoms with Gasteiger partial charge in [-0.05, 0) is 33.4 Å². The number of nitrogens with zero attached hydrogens (tertiary/aromatic N) is 1. The van der Waals surface area contributed by atoms with Crippen molar-refractivity contribution >= 4 is 9.84 Å². The fourth-order valence-electron chi connectivity index (χ4n) is 2.25. The molecule has 0 radical (unpaired) electrons. The molecule has 0 aromatic heterocycles. The fourth-order valence-corrected chi connectivity index (χ4v) is 3.28. The van der Waals surface area contributed by atoms with Crippen molar-refractivity contribution in [3.8, 4) is 0 Å². The Kier molecular flexibility index (Phi) is 5.21. The van der Waals surface area contributed by atoms with Gasteiger partial charge in [-0.2, -0.15) is 0 Å². The van der Waals surface area contributed by atoms with Gasteiger partial charge in [0.1, 0.15) is 9.84 Å². The molecular weight excluding hydrogens is 224 g/mol. The van der Waals surface area contributed by atoms with Crippen LogP contribution in [0.5, 0.6) is 0 Å². The largest absolute Gasteiger partial charge is 0.312 e. The van der Waals surface area contributed by atoms with Gasteiger partial charge in [-0.3, -0.25) is 0 Å². The van der Waals surface area contributed by atoms with Crippen LogP contribution in [0.25, 0.3) is 0 Å². The molecule has 0 saturated carbocycles. The lowest BCUT2D eigenvalue weighted by molar-refractivity contribution is 0.179. The molecule has 0 spiro atoms. The van der Waals surface area contributed by atoms with Gasteiger partial charge in [-0.1, -0.05) is 6.42 Å². The molecule has 0 aliphatic carbocycles. The van der Waals surface area contributed by atoms with Crippen LogP contribution in [0.2, 0.25) is 0 Å². The van der Waals surface area contributed by atoms with Gasteiger partial charge < -0.3 is 10.2 Å². The zero-order valence-electron chi connectivity index (χ0n) is 10.6. The summed E-state index contributed by atoms with van der Waals surface area (Å²) in [6.07, 6.45) is 5.08. The lowest BCUT2D eigenvalue weighted by Gasteiger charge is -2.33. The Morgan fingerprint density at radius 1 is 1.44 bits per heavy atom. The molecule has 0 bridgehead atoms. The Morgan fingerprint density at radius 3 is 2.69 bits per heavy atom. The van der Waals surface area contributed by atoms with E-state index in [9.17, 15) is 8.42 Å². The number of hydrogen-bond donors (Lipinski definition) is 1. The summed E-state index contributed by atoms with van der Waals surface area (Å²) >= 11 is 0. The Morgan fingerprint density at radius 2 is 2.12 bits per heavy atom. The van der Waals surface area contributed by atoms with Crippen molar-refractivity contribution in [2.24, 2.45) is 0 Å². The van der Waals surface area contributed by atoms with Crippen molar-refractivity contribution in [1.29, 1.82) is 0 Å². The standard InChI is InChI=1S/C11H24N2O2S/c1-10(9-16(3,14)15)12-8-11-6-4-5-7-13(11)2/h10-12H,4-9H2,1-3H3. The van der Waals surface area contributed by atoms with E-state index in [1.807, 2.05) is 6.92 Å². The van der Waals surface area contributed by atoms with E-state index < -0.39 is 9.84 Å². The molecule has 0 amide bonds. The minimum atomic E-state index is -2.87. The van der Waals surface area contributed by atoms with E-state index in [0.29, 0.717) is 6.04 Å². The third-order valence-corrected chi connectivity index (χ3v) is 4.28. The van der Waals surface area contributed by atoms with Gasteiger partial charge in [0.2, 0.25) is 0 Å². The lowest BCUT2D eigenvalue weighted by Crippen LogP contribution is -2.46. The first-order valence-corrected chi connectivity index (χ1v) is 8.06. The van der Waals surface area contributed by atoms with E-state index in [4.69, 9.17) is 0 Å². The van der Waals surface area contributed by atoms with Crippen molar-refractivity contribution in [1.82, 2.24) is 10.2 Å². The second-order valence-electron chi connectivity index (χ2n) is 5.03. The molecular formula is C11H24N2O2S. The molecule has 4 nitrogen and oxygen atoms in total. The molecule has 2 unspecified atom stereocenters. The zero-order chi connectivity index (χ0) is 12.2. The van der Waals surface area contributed by atoms with Crippen molar-refractivity contribution in [2.75, 3.05) is 32.1 Å². The highest BCUT2D eigenvalue weighted by molar-refractivity contribution is 7.90. The first kappa shape index (κ1) is 13.9.